The van der Waals surface area contributed by atoms with E-state index in [-0.39, 0.29) is 5.09 Å². The van der Waals surface area contributed by atoms with Gasteiger partial charge in [0, 0.05) is 26.7 Å². The van der Waals surface area contributed by atoms with E-state index in [2.05, 4.69) is 17.1 Å². The number of furan rings is 1. The molecular formula is C14H25N3O3S. The van der Waals surface area contributed by atoms with Crippen molar-refractivity contribution < 1.29 is 12.8 Å². The van der Waals surface area contributed by atoms with Crippen molar-refractivity contribution in [3.8, 4) is 0 Å². The van der Waals surface area contributed by atoms with Crippen molar-refractivity contribution in [2.24, 2.45) is 0 Å². The second-order valence-corrected chi connectivity index (χ2v) is 7.65. The summed E-state index contributed by atoms with van der Waals surface area (Å²) in [4.78, 5) is 2.47. The molecule has 2 heterocycles. The van der Waals surface area contributed by atoms with E-state index in [9.17, 15) is 8.42 Å². The number of rotatable bonds is 7. The van der Waals surface area contributed by atoms with Gasteiger partial charge in [0.1, 0.15) is 5.76 Å². The number of hydrogen-bond acceptors (Lipinski definition) is 5. The van der Waals surface area contributed by atoms with Crippen LogP contribution in [0.25, 0.3) is 0 Å². The fraction of sp³-hybridized carbons (Fsp3) is 0.714. The van der Waals surface area contributed by atoms with Gasteiger partial charge in [-0.05, 0) is 38.1 Å². The quantitative estimate of drug-likeness (QED) is 0.816. The largest absolute Gasteiger partial charge is 0.447 e. The van der Waals surface area contributed by atoms with E-state index < -0.39 is 10.0 Å². The maximum atomic E-state index is 11.9. The van der Waals surface area contributed by atoms with E-state index in [1.165, 1.54) is 39.5 Å². The molecule has 21 heavy (non-hydrogen) atoms. The first-order valence-corrected chi connectivity index (χ1v) is 8.85. The van der Waals surface area contributed by atoms with Gasteiger partial charge in [0.2, 0.25) is 5.09 Å². The smallest absolute Gasteiger partial charge is 0.275 e. The minimum absolute atomic E-state index is 0.000325. The zero-order valence-electron chi connectivity index (χ0n) is 13.0. The minimum atomic E-state index is -3.48. The van der Waals surface area contributed by atoms with E-state index >= 15 is 0 Å². The molecule has 0 saturated carbocycles. The molecule has 6 nitrogen and oxygen atoms in total. The Bertz CT molecular complexity index is 554. The van der Waals surface area contributed by atoms with Crippen molar-refractivity contribution in [3.05, 3.63) is 17.9 Å². The highest BCUT2D eigenvalue weighted by Gasteiger charge is 2.23. The Hall–Kier alpha value is -0.890. The van der Waals surface area contributed by atoms with Crippen LogP contribution in [0.1, 0.15) is 25.5 Å². The average Bonchev–Trinajstić information content (AvgIpc) is 3.07. The summed E-state index contributed by atoms with van der Waals surface area (Å²) in [6.45, 7) is 5.90. The molecule has 1 atom stereocenters. The normalized spacial score (nSPS) is 20.5. The fourth-order valence-electron chi connectivity index (χ4n) is 2.68. The van der Waals surface area contributed by atoms with E-state index in [1.54, 1.807) is 6.07 Å². The Morgan fingerprint density at radius 2 is 2.19 bits per heavy atom. The highest BCUT2D eigenvalue weighted by Crippen LogP contribution is 2.18. The van der Waals surface area contributed by atoms with E-state index in [4.69, 9.17) is 4.42 Å². The second kappa shape index (κ2) is 6.91. The van der Waals surface area contributed by atoms with Crippen LogP contribution >= 0.6 is 0 Å². The van der Waals surface area contributed by atoms with Gasteiger partial charge in [-0.1, -0.05) is 6.92 Å². The maximum absolute atomic E-state index is 11.9. The standard InChI is InChI=1S/C14H25N3O3S/c1-4-17-9-5-6-12(17)10-15-11-13-7-8-14(20-13)21(18,19)16(2)3/h7-8,12,15H,4-6,9-11H2,1-3H3. The molecule has 0 aliphatic carbocycles. The van der Waals surface area contributed by atoms with Crippen LogP contribution in [0.4, 0.5) is 0 Å². The first-order valence-electron chi connectivity index (χ1n) is 7.41. The summed E-state index contributed by atoms with van der Waals surface area (Å²) < 4.78 is 30.4. The molecule has 7 heteroatoms. The van der Waals surface area contributed by atoms with Crippen LogP contribution in [-0.4, -0.2) is 57.4 Å². The first-order chi connectivity index (χ1) is 9.95. The molecule has 0 spiro atoms. The first kappa shape index (κ1) is 16.5. The van der Waals surface area contributed by atoms with Gasteiger partial charge < -0.3 is 9.73 Å². The predicted octanol–water partition coefficient (Wildman–Crippen LogP) is 1.10. The van der Waals surface area contributed by atoms with Crippen LogP contribution < -0.4 is 5.32 Å². The van der Waals surface area contributed by atoms with Gasteiger partial charge in [-0.25, -0.2) is 12.7 Å². The molecule has 2 rings (SSSR count). The van der Waals surface area contributed by atoms with Gasteiger partial charge in [-0.15, -0.1) is 0 Å². The lowest BCUT2D eigenvalue weighted by atomic mass is 10.2. The Labute approximate surface area is 127 Å². The number of nitrogens with zero attached hydrogens (tertiary/aromatic N) is 2. The zero-order chi connectivity index (χ0) is 15.5. The molecule has 1 aliphatic heterocycles. The number of hydrogen-bond donors (Lipinski definition) is 1. The molecule has 1 N–H and O–H groups in total. The van der Waals surface area contributed by atoms with Crippen LogP contribution in [0.2, 0.25) is 0 Å². The van der Waals surface area contributed by atoms with Crippen molar-refractivity contribution in [1.82, 2.24) is 14.5 Å². The van der Waals surface area contributed by atoms with E-state index in [1.807, 2.05) is 0 Å². The molecule has 1 aromatic heterocycles. The van der Waals surface area contributed by atoms with Crippen molar-refractivity contribution in [3.63, 3.8) is 0 Å². The molecule has 1 aliphatic rings. The average molecular weight is 315 g/mol. The monoisotopic (exact) mass is 315 g/mol. The molecule has 1 saturated heterocycles. The number of likely N-dealkylation sites (tertiary alicyclic amines) is 1. The van der Waals surface area contributed by atoms with Gasteiger partial charge in [-0.3, -0.25) is 4.90 Å². The molecule has 0 aromatic carbocycles. The maximum Gasteiger partial charge on any atom is 0.275 e. The summed E-state index contributed by atoms with van der Waals surface area (Å²) in [7, 11) is -0.488. The molecule has 1 fully saturated rings. The van der Waals surface area contributed by atoms with E-state index in [0.717, 1.165) is 17.4 Å². The van der Waals surface area contributed by atoms with Crippen LogP contribution in [0.15, 0.2) is 21.6 Å². The van der Waals surface area contributed by atoms with Crippen LogP contribution in [0.5, 0.6) is 0 Å². The molecule has 0 amide bonds. The summed E-state index contributed by atoms with van der Waals surface area (Å²) in [5.41, 5.74) is 0. The third kappa shape index (κ3) is 3.85. The fourth-order valence-corrected chi connectivity index (χ4v) is 3.49. The van der Waals surface area contributed by atoms with Gasteiger partial charge >= 0.3 is 0 Å². The van der Waals surface area contributed by atoms with Crippen molar-refractivity contribution in [2.45, 2.75) is 37.4 Å². The van der Waals surface area contributed by atoms with Crippen LogP contribution in [0, 0.1) is 0 Å². The van der Waals surface area contributed by atoms with Gasteiger partial charge in [0.05, 0.1) is 6.54 Å². The molecular weight excluding hydrogens is 290 g/mol. The SMILES string of the molecule is CCN1CCCC1CNCc1ccc(S(=O)(=O)N(C)C)o1. The van der Waals surface area contributed by atoms with E-state index in [0.29, 0.717) is 18.3 Å². The van der Waals surface area contributed by atoms with Gasteiger partial charge in [-0.2, -0.15) is 0 Å². The lowest BCUT2D eigenvalue weighted by Gasteiger charge is -2.22. The van der Waals surface area contributed by atoms with Crippen LogP contribution in [0.3, 0.4) is 0 Å². The molecule has 0 bridgehead atoms. The summed E-state index contributed by atoms with van der Waals surface area (Å²) in [6.07, 6.45) is 2.48. The third-order valence-corrected chi connectivity index (χ3v) is 5.65. The number of sulfonamides is 1. The third-order valence-electron chi connectivity index (χ3n) is 3.96. The lowest BCUT2D eigenvalue weighted by molar-refractivity contribution is 0.257. The summed E-state index contributed by atoms with van der Waals surface area (Å²) in [6, 6.07) is 3.81. The highest BCUT2D eigenvalue weighted by atomic mass is 32.2. The molecule has 1 unspecified atom stereocenters. The van der Waals surface area contributed by atoms with Crippen molar-refractivity contribution in [1.29, 1.82) is 0 Å². The minimum Gasteiger partial charge on any atom is -0.447 e. The Balaban J connectivity index is 1.86. The van der Waals surface area contributed by atoms with Gasteiger partial charge in [0.25, 0.3) is 10.0 Å². The molecule has 1 aromatic rings. The van der Waals surface area contributed by atoms with Crippen molar-refractivity contribution >= 4 is 10.0 Å². The topological polar surface area (TPSA) is 65.8 Å². The summed E-state index contributed by atoms with van der Waals surface area (Å²) >= 11 is 0. The highest BCUT2D eigenvalue weighted by molar-refractivity contribution is 7.88. The zero-order valence-corrected chi connectivity index (χ0v) is 13.8. The Kier molecular flexibility index (Phi) is 5.43. The summed E-state index contributed by atoms with van der Waals surface area (Å²) in [5.74, 6) is 0.650. The summed E-state index contributed by atoms with van der Waals surface area (Å²) in [5, 5.41) is 3.36. The number of likely N-dealkylation sites (N-methyl/N-ethyl adjacent to an activating group) is 1. The van der Waals surface area contributed by atoms with Crippen molar-refractivity contribution in [2.75, 3.05) is 33.7 Å². The van der Waals surface area contributed by atoms with Gasteiger partial charge in [0.15, 0.2) is 0 Å². The Morgan fingerprint density at radius 3 is 2.86 bits per heavy atom. The molecule has 0 radical (unpaired) electrons. The predicted molar refractivity (Wildman–Crippen MR) is 81.6 cm³/mol. The Morgan fingerprint density at radius 1 is 1.43 bits per heavy atom. The van der Waals surface area contributed by atoms with Crippen LogP contribution in [-0.2, 0) is 16.6 Å². The molecule has 120 valence electrons. The lowest BCUT2D eigenvalue weighted by Crippen LogP contribution is -2.37. The second-order valence-electron chi connectivity index (χ2n) is 5.56. The number of nitrogens with one attached hydrogen (secondary N) is 1.